The molecule has 1 fully saturated rings. The van der Waals surface area contributed by atoms with Gasteiger partial charge in [-0.3, -0.25) is 4.90 Å². The van der Waals surface area contributed by atoms with Crippen LogP contribution in [0.1, 0.15) is 18.4 Å². The minimum atomic E-state index is -3.89. The molecule has 0 radical (unpaired) electrons. The Morgan fingerprint density at radius 2 is 1.84 bits per heavy atom. The van der Waals surface area contributed by atoms with E-state index in [1.165, 1.54) is 27.6 Å². The largest absolute Gasteiger partial charge is 0.444 e. The lowest BCUT2D eigenvalue weighted by molar-refractivity contribution is -0.117. The van der Waals surface area contributed by atoms with Crippen LogP contribution in [0.25, 0.3) is 0 Å². The van der Waals surface area contributed by atoms with Crippen LogP contribution in [0.15, 0.2) is 46.2 Å². The summed E-state index contributed by atoms with van der Waals surface area (Å²) in [6.07, 6.45) is 4.11. The molecule has 32 heavy (non-hydrogen) atoms. The van der Waals surface area contributed by atoms with Crippen LogP contribution >= 0.6 is 11.6 Å². The highest BCUT2D eigenvalue weighted by atomic mass is 35.5. The topological polar surface area (TPSA) is 91.4 Å². The van der Waals surface area contributed by atoms with Crippen molar-refractivity contribution >= 4 is 33.4 Å². The molecule has 1 aromatic rings. The van der Waals surface area contributed by atoms with Crippen LogP contribution < -0.4 is 10.4 Å². The van der Waals surface area contributed by atoms with Crippen LogP contribution in [0.4, 0.5) is 19.3 Å². The Hall–Kier alpha value is -2.67. The van der Waals surface area contributed by atoms with Crippen molar-refractivity contribution in [3.8, 4) is 0 Å². The van der Waals surface area contributed by atoms with Gasteiger partial charge in [0.05, 0.1) is 11.9 Å². The molecular formula is C19H17ClF2N4O5S. The number of halogens is 3. The highest BCUT2D eigenvalue weighted by molar-refractivity contribution is 7.93. The molecule has 0 bridgehead atoms. The number of allylic oxidation sites excluding steroid dienone is 2. The fourth-order valence-corrected chi connectivity index (χ4v) is 5.94. The van der Waals surface area contributed by atoms with Crippen LogP contribution in [-0.4, -0.2) is 43.0 Å². The van der Waals surface area contributed by atoms with Crippen molar-refractivity contribution in [1.29, 1.82) is 0 Å². The van der Waals surface area contributed by atoms with Gasteiger partial charge < -0.3 is 4.74 Å². The Morgan fingerprint density at radius 1 is 1.12 bits per heavy atom. The molecule has 0 atom stereocenters. The Bertz CT molecular complexity index is 1190. The Morgan fingerprint density at radius 3 is 2.59 bits per heavy atom. The number of carbonyl (C=O) groups is 1. The monoisotopic (exact) mass is 486 g/mol. The van der Waals surface area contributed by atoms with E-state index < -0.39 is 33.8 Å². The molecular weight excluding hydrogens is 470 g/mol. The fraction of sp³-hybridized carbons (Fsp3) is 0.316. The molecule has 4 aliphatic heterocycles. The van der Waals surface area contributed by atoms with E-state index in [1.54, 1.807) is 0 Å². The molecule has 9 nitrogen and oxygen atoms in total. The first-order valence-electron chi connectivity index (χ1n) is 9.72. The average molecular weight is 487 g/mol. The summed E-state index contributed by atoms with van der Waals surface area (Å²) in [6, 6.07) is 1.56. The SMILES string of the molecule is O=C1OCc2cc(F)c(F)cc2N1C1CCN(S(=O)(=O)C2=CC=C(Cl)N3ONC=C23)CC1. The standard InChI is InChI=1S/C19H17ClF2N4O5S/c20-18-2-1-17(16-9-23-31-26(16)18)32(28,29)24-5-3-12(4-6-24)25-15-8-14(22)13(21)7-11(15)10-30-19(25)27/h1-2,7-9,12,23H,3-6,10H2. The second kappa shape index (κ2) is 7.73. The zero-order valence-corrected chi connectivity index (χ0v) is 18.0. The first kappa shape index (κ1) is 21.2. The van der Waals surface area contributed by atoms with Gasteiger partial charge in [-0.05, 0) is 31.1 Å². The molecule has 4 heterocycles. The van der Waals surface area contributed by atoms with Gasteiger partial charge in [0.1, 0.15) is 22.4 Å². The number of ether oxygens (including phenoxy) is 1. The molecule has 1 saturated heterocycles. The molecule has 0 saturated carbocycles. The lowest BCUT2D eigenvalue weighted by Gasteiger charge is -2.40. The van der Waals surface area contributed by atoms with Gasteiger partial charge >= 0.3 is 6.09 Å². The highest BCUT2D eigenvalue weighted by Gasteiger charge is 2.41. The summed E-state index contributed by atoms with van der Waals surface area (Å²) in [5.74, 6) is -2.09. The maximum atomic E-state index is 13.8. The summed E-state index contributed by atoms with van der Waals surface area (Å²) < 4.78 is 60.4. The maximum absolute atomic E-state index is 13.8. The van der Waals surface area contributed by atoms with E-state index in [0.717, 1.165) is 17.2 Å². The van der Waals surface area contributed by atoms with Crippen molar-refractivity contribution in [2.75, 3.05) is 18.0 Å². The van der Waals surface area contributed by atoms with Crippen molar-refractivity contribution in [2.24, 2.45) is 0 Å². The fourth-order valence-electron chi connectivity index (χ4n) is 4.14. The number of fused-ring (bicyclic) bond motifs is 2. The van der Waals surface area contributed by atoms with Crippen molar-refractivity contribution in [2.45, 2.75) is 25.5 Å². The number of benzene rings is 1. The van der Waals surface area contributed by atoms with Gasteiger partial charge in [-0.1, -0.05) is 11.6 Å². The Balaban J connectivity index is 1.36. The van der Waals surface area contributed by atoms with Crippen molar-refractivity contribution in [1.82, 2.24) is 14.8 Å². The van der Waals surface area contributed by atoms with Crippen LogP contribution in [0, 0.1) is 11.6 Å². The normalized spacial score (nSPS) is 21.8. The van der Waals surface area contributed by atoms with Gasteiger partial charge in [0, 0.05) is 30.8 Å². The summed E-state index contributed by atoms with van der Waals surface area (Å²) in [5, 5.41) is 1.36. The van der Waals surface area contributed by atoms with Gasteiger partial charge in [0.2, 0.25) is 10.0 Å². The minimum Gasteiger partial charge on any atom is -0.444 e. The number of hydroxylamine groups is 3. The third-order valence-corrected chi connectivity index (χ3v) is 7.94. The van der Waals surface area contributed by atoms with Crippen LogP contribution in [-0.2, 0) is 26.3 Å². The molecule has 170 valence electrons. The van der Waals surface area contributed by atoms with Crippen molar-refractivity contribution < 1.29 is 31.7 Å². The zero-order valence-electron chi connectivity index (χ0n) is 16.4. The Labute approximate surface area is 187 Å². The first-order chi connectivity index (χ1) is 15.3. The van der Waals surface area contributed by atoms with E-state index in [1.807, 2.05) is 0 Å². The third kappa shape index (κ3) is 3.34. The summed E-state index contributed by atoms with van der Waals surface area (Å²) in [5.41, 5.74) is 3.33. The predicted octanol–water partition coefficient (Wildman–Crippen LogP) is 2.79. The Kier molecular flexibility index (Phi) is 5.12. The minimum absolute atomic E-state index is 0.0191. The lowest BCUT2D eigenvalue weighted by atomic mass is 10.0. The van der Waals surface area contributed by atoms with Crippen molar-refractivity contribution in [3.05, 3.63) is 63.4 Å². The number of hydrogen-bond donors (Lipinski definition) is 1. The molecule has 0 unspecified atom stereocenters. The number of piperidine rings is 1. The number of anilines is 1. The summed E-state index contributed by atoms with van der Waals surface area (Å²) >= 11 is 6.03. The lowest BCUT2D eigenvalue weighted by Crippen LogP contribution is -2.50. The van der Waals surface area contributed by atoms with Crippen molar-refractivity contribution in [3.63, 3.8) is 0 Å². The summed E-state index contributed by atoms with van der Waals surface area (Å²) in [4.78, 5) is 18.8. The molecule has 1 amide bonds. The summed E-state index contributed by atoms with van der Waals surface area (Å²) in [7, 11) is -3.89. The first-order valence-corrected chi connectivity index (χ1v) is 11.5. The number of carbonyl (C=O) groups excluding carboxylic acids is 1. The second-order valence-electron chi connectivity index (χ2n) is 7.51. The molecule has 5 rings (SSSR count). The molecule has 13 heteroatoms. The van der Waals surface area contributed by atoms with Gasteiger partial charge in [0.25, 0.3) is 0 Å². The van der Waals surface area contributed by atoms with E-state index in [2.05, 4.69) is 5.48 Å². The molecule has 1 N–H and O–H groups in total. The molecule has 4 aliphatic rings. The van der Waals surface area contributed by atoms with Crippen LogP contribution in [0.2, 0.25) is 0 Å². The smallest absolute Gasteiger partial charge is 0.414 e. The van der Waals surface area contributed by atoms with Crippen LogP contribution in [0.5, 0.6) is 0 Å². The number of cyclic esters (lactones) is 1. The van der Waals surface area contributed by atoms with E-state index in [-0.39, 0.29) is 54.0 Å². The average Bonchev–Trinajstić information content (AvgIpc) is 3.26. The third-order valence-electron chi connectivity index (χ3n) is 5.71. The summed E-state index contributed by atoms with van der Waals surface area (Å²) in [6.45, 7) is 0.0827. The second-order valence-corrected chi connectivity index (χ2v) is 9.80. The van der Waals surface area contributed by atoms with Crippen LogP contribution in [0.3, 0.4) is 0 Å². The number of amides is 1. The number of nitrogens with zero attached hydrogens (tertiary/aromatic N) is 3. The zero-order chi connectivity index (χ0) is 22.6. The molecule has 1 aromatic carbocycles. The molecule has 0 aliphatic carbocycles. The number of hydrogen-bond acceptors (Lipinski definition) is 7. The van der Waals surface area contributed by atoms with E-state index >= 15 is 0 Å². The molecule has 0 spiro atoms. The predicted molar refractivity (Wildman–Crippen MR) is 109 cm³/mol. The quantitative estimate of drug-likeness (QED) is 0.657. The van der Waals surface area contributed by atoms with E-state index in [4.69, 9.17) is 21.3 Å². The highest BCUT2D eigenvalue weighted by Crippen LogP contribution is 2.37. The van der Waals surface area contributed by atoms with E-state index in [9.17, 15) is 22.0 Å². The van der Waals surface area contributed by atoms with Gasteiger partial charge in [-0.2, -0.15) is 14.3 Å². The molecule has 0 aromatic heterocycles. The van der Waals surface area contributed by atoms with Gasteiger partial charge in [-0.25, -0.2) is 27.5 Å². The van der Waals surface area contributed by atoms with Gasteiger partial charge in [-0.15, -0.1) is 0 Å². The number of rotatable bonds is 3. The number of sulfonamides is 1. The number of nitrogens with one attached hydrogen (secondary N) is 1. The van der Waals surface area contributed by atoms with Gasteiger partial charge in [0.15, 0.2) is 11.6 Å². The van der Waals surface area contributed by atoms with E-state index in [0.29, 0.717) is 5.56 Å². The maximum Gasteiger partial charge on any atom is 0.414 e.